The van der Waals surface area contributed by atoms with Crippen molar-refractivity contribution in [3.63, 3.8) is 0 Å². The third kappa shape index (κ3) is 3.89. The molecule has 0 unspecified atom stereocenters. The number of hydrogen-bond donors (Lipinski definition) is 0. The summed E-state index contributed by atoms with van der Waals surface area (Å²) in [6.45, 7) is 1.85. The molecule has 1 rings (SSSR count). The van der Waals surface area contributed by atoms with E-state index in [0.717, 1.165) is 5.69 Å². The second kappa shape index (κ2) is 5.24. The van der Waals surface area contributed by atoms with Crippen molar-refractivity contribution in [2.24, 2.45) is 0 Å². The van der Waals surface area contributed by atoms with Gasteiger partial charge in [-0.25, -0.2) is 0 Å². The molecule has 0 radical (unpaired) electrons. The number of nitrogens with zero attached hydrogens (tertiary/aromatic N) is 2. The Kier molecular flexibility index (Phi) is 3.97. The van der Waals surface area contributed by atoms with Crippen LogP contribution in [0.2, 0.25) is 0 Å². The van der Waals surface area contributed by atoms with Crippen molar-refractivity contribution >= 4 is 11.7 Å². The zero-order chi connectivity index (χ0) is 11.3. The maximum absolute atomic E-state index is 11.4. The van der Waals surface area contributed by atoms with Gasteiger partial charge in [-0.3, -0.25) is 14.6 Å². The molecule has 1 heterocycles. The molecule has 0 fully saturated rings. The molecule has 1 amide bonds. The van der Waals surface area contributed by atoms with Crippen molar-refractivity contribution in [3.8, 4) is 0 Å². The Bertz CT molecular complexity index is 349. The van der Waals surface area contributed by atoms with E-state index >= 15 is 0 Å². The van der Waals surface area contributed by atoms with E-state index in [0.29, 0.717) is 6.54 Å². The fraction of sp³-hybridized carbons (Fsp3) is 0.364. The van der Waals surface area contributed by atoms with Crippen LogP contribution in [0, 0.1) is 0 Å². The minimum Gasteiger partial charge on any atom is -0.339 e. The van der Waals surface area contributed by atoms with Crippen molar-refractivity contribution in [1.82, 2.24) is 9.88 Å². The number of Topliss-reactive ketones (excluding diaryl/α,β-unsaturated/α-hetero) is 1. The van der Waals surface area contributed by atoms with E-state index in [1.165, 1.54) is 11.8 Å². The summed E-state index contributed by atoms with van der Waals surface area (Å²) in [6.07, 6.45) is 1.64. The molecule has 0 aromatic carbocycles. The van der Waals surface area contributed by atoms with E-state index in [-0.39, 0.29) is 18.1 Å². The number of ketones is 1. The van der Waals surface area contributed by atoms with E-state index in [1.807, 2.05) is 18.2 Å². The summed E-state index contributed by atoms with van der Waals surface area (Å²) in [6, 6.07) is 5.53. The van der Waals surface area contributed by atoms with Gasteiger partial charge in [-0.05, 0) is 19.1 Å². The Hall–Kier alpha value is -1.71. The van der Waals surface area contributed by atoms with Crippen LogP contribution in [0.3, 0.4) is 0 Å². The average Bonchev–Trinajstić information content (AvgIpc) is 2.18. The van der Waals surface area contributed by atoms with Crippen molar-refractivity contribution in [3.05, 3.63) is 30.1 Å². The molecule has 1 aromatic heterocycles. The number of amides is 1. The molecule has 0 N–H and O–H groups in total. The molecule has 0 aliphatic heterocycles. The molecule has 1 aromatic rings. The van der Waals surface area contributed by atoms with Gasteiger partial charge in [0.2, 0.25) is 5.91 Å². The molecule has 4 heteroatoms. The van der Waals surface area contributed by atoms with Crippen LogP contribution in [0.15, 0.2) is 24.4 Å². The lowest BCUT2D eigenvalue weighted by molar-refractivity contribution is -0.134. The number of aromatic nitrogens is 1. The normalized spacial score (nSPS) is 9.73. The molecule has 0 aliphatic carbocycles. The Morgan fingerprint density at radius 1 is 1.40 bits per heavy atom. The van der Waals surface area contributed by atoms with Crippen molar-refractivity contribution in [2.45, 2.75) is 19.9 Å². The second-order valence-electron chi connectivity index (χ2n) is 3.45. The number of carbonyl (C=O) groups is 2. The predicted octanol–water partition coefficient (Wildman–Crippen LogP) is 1.02. The third-order valence-corrected chi connectivity index (χ3v) is 1.95. The molecule has 0 saturated carbocycles. The Morgan fingerprint density at radius 2 is 2.13 bits per heavy atom. The fourth-order valence-corrected chi connectivity index (χ4v) is 1.17. The topological polar surface area (TPSA) is 50.3 Å². The summed E-state index contributed by atoms with van der Waals surface area (Å²) < 4.78 is 0. The molecular formula is C11H14N2O2. The van der Waals surface area contributed by atoms with Gasteiger partial charge in [-0.1, -0.05) is 6.07 Å². The quantitative estimate of drug-likeness (QED) is 0.691. The van der Waals surface area contributed by atoms with E-state index in [2.05, 4.69) is 4.98 Å². The molecule has 4 nitrogen and oxygen atoms in total. The molecule has 0 atom stereocenters. The third-order valence-electron chi connectivity index (χ3n) is 1.95. The van der Waals surface area contributed by atoms with Crippen LogP contribution in [-0.4, -0.2) is 28.6 Å². The number of rotatable bonds is 4. The molecule has 0 bridgehead atoms. The van der Waals surface area contributed by atoms with E-state index < -0.39 is 0 Å². The molecule has 15 heavy (non-hydrogen) atoms. The Morgan fingerprint density at radius 3 is 2.67 bits per heavy atom. The predicted molar refractivity (Wildman–Crippen MR) is 56.0 cm³/mol. The van der Waals surface area contributed by atoms with Gasteiger partial charge >= 0.3 is 0 Å². The highest BCUT2D eigenvalue weighted by atomic mass is 16.2. The molecule has 0 spiro atoms. The fourth-order valence-electron chi connectivity index (χ4n) is 1.17. The lowest BCUT2D eigenvalue weighted by Gasteiger charge is -2.15. The summed E-state index contributed by atoms with van der Waals surface area (Å²) >= 11 is 0. The van der Waals surface area contributed by atoms with E-state index in [1.54, 1.807) is 13.2 Å². The van der Waals surface area contributed by atoms with Crippen LogP contribution >= 0.6 is 0 Å². The first-order valence-electron chi connectivity index (χ1n) is 4.73. The van der Waals surface area contributed by atoms with Crippen LogP contribution in [0.5, 0.6) is 0 Å². The first kappa shape index (κ1) is 11.4. The van der Waals surface area contributed by atoms with Crippen LogP contribution in [0.1, 0.15) is 19.0 Å². The number of hydrogen-bond acceptors (Lipinski definition) is 3. The monoisotopic (exact) mass is 206 g/mol. The van der Waals surface area contributed by atoms with Gasteiger partial charge in [0.05, 0.1) is 18.7 Å². The van der Waals surface area contributed by atoms with Crippen LogP contribution < -0.4 is 0 Å². The highest BCUT2D eigenvalue weighted by Crippen LogP contribution is 2.00. The van der Waals surface area contributed by atoms with Crippen molar-refractivity contribution < 1.29 is 9.59 Å². The zero-order valence-corrected chi connectivity index (χ0v) is 8.93. The number of pyridine rings is 1. The van der Waals surface area contributed by atoms with Crippen LogP contribution in [0.25, 0.3) is 0 Å². The largest absolute Gasteiger partial charge is 0.339 e. The standard InChI is InChI=1S/C11H14N2O2/c1-9(14)7-11(15)13(2)8-10-5-3-4-6-12-10/h3-6H,7-8H2,1-2H3. The highest BCUT2D eigenvalue weighted by Gasteiger charge is 2.11. The van der Waals surface area contributed by atoms with Gasteiger partial charge in [0.25, 0.3) is 0 Å². The minimum atomic E-state index is -0.173. The summed E-state index contributed by atoms with van der Waals surface area (Å²) in [5.74, 6) is -0.291. The van der Waals surface area contributed by atoms with Gasteiger partial charge < -0.3 is 4.90 Å². The molecule has 0 saturated heterocycles. The van der Waals surface area contributed by atoms with Gasteiger partial charge in [0.15, 0.2) is 0 Å². The second-order valence-corrected chi connectivity index (χ2v) is 3.45. The van der Waals surface area contributed by atoms with Gasteiger partial charge in [0, 0.05) is 13.2 Å². The first-order valence-corrected chi connectivity index (χ1v) is 4.73. The maximum atomic E-state index is 11.4. The van der Waals surface area contributed by atoms with Gasteiger partial charge in [-0.15, -0.1) is 0 Å². The number of carbonyl (C=O) groups excluding carboxylic acids is 2. The SMILES string of the molecule is CC(=O)CC(=O)N(C)Cc1ccccn1. The summed E-state index contributed by atoms with van der Waals surface area (Å²) in [4.78, 5) is 27.8. The van der Waals surface area contributed by atoms with E-state index in [9.17, 15) is 9.59 Å². The van der Waals surface area contributed by atoms with Crippen molar-refractivity contribution in [1.29, 1.82) is 0 Å². The zero-order valence-electron chi connectivity index (χ0n) is 8.93. The maximum Gasteiger partial charge on any atom is 0.230 e. The van der Waals surface area contributed by atoms with Crippen LogP contribution in [-0.2, 0) is 16.1 Å². The van der Waals surface area contributed by atoms with Crippen molar-refractivity contribution in [2.75, 3.05) is 7.05 Å². The van der Waals surface area contributed by atoms with Crippen LogP contribution in [0.4, 0.5) is 0 Å². The summed E-state index contributed by atoms with van der Waals surface area (Å²) in [5, 5.41) is 0. The smallest absolute Gasteiger partial charge is 0.230 e. The Labute approximate surface area is 88.9 Å². The summed E-state index contributed by atoms with van der Waals surface area (Å²) in [7, 11) is 1.67. The van der Waals surface area contributed by atoms with E-state index in [4.69, 9.17) is 0 Å². The van der Waals surface area contributed by atoms with Gasteiger partial charge in [-0.2, -0.15) is 0 Å². The minimum absolute atomic E-state index is 0.0384. The lowest BCUT2D eigenvalue weighted by Crippen LogP contribution is -2.27. The Balaban J connectivity index is 2.52. The highest BCUT2D eigenvalue weighted by molar-refractivity contribution is 5.96. The molecular weight excluding hydrogens is 192 g/mol. The first-order chi connectivity index (χ1) is 7.09. The molecule has 80 valence electrons. The average molecular weight is 206 g/mol. The lowest BCUT2D eigenvalue weighted by atomic mass is 10.2. The van der Waals surface area contributed by atoms with Gasteiger partial charge in [0.1, 0.15) is 5.78 Å². The summed E-state index contributed by atoms with van der Waals surface area (Å²) in [5.41, 5.74) is 0.817. The molecule has 0 aliphatic rings.